The summed E-state index contributed by atoms with van der Waals surface area (Å²) in [6.45, 7) is 3.94. The number of hydrogen-bond donors (Lipinski definition) is 2. The standard InChI is InChI=1S/C19H18ClFN4O/c1-12(2)26-17-6-4-3-5-16(17)24-18-9-10-22-19(25-18)23-13-7-8-15(21)14(20)11-13/h3-12H,1-2H3,(H2,22,23,24,25). The molecule has 0 aliphatic rings. The van der Waals surface area contributed by atoms with E-state index in [1.807, 2.05) is 38.1 Å². The highest BCUT2D eigenvalue weighted by Gasteiger charge is 2.08. The molecule has 7 heteroatoms. The molecule has 134 valence electrons. The van der Waals surface area contributed by atoms with E-state index in [2.05, 4.69) is 20.6 Å². The van der Waals surface area contributed by atoms with Gasteiger partial charge in [0.25, 0.3) is 0 Å². The first kappa shape index (κ1) is 17.9. The lowest BCUT2D eigenvalue weighted by Gasteiger charge is -2.15. The predicted molar refractivity (Wildman–Crippen MR) is 102 cm³/mol. The minimum absolute atomic E-state index is 0.0315. The molecule has 0 saturated carbocycles. The van der Waals surface area contributed by atoms with Crippen molar-refractivity contribution in [3.8, 4) is 5.75 Å². The largest absolute Gasteiger partial charge is 0.489 e. The molecule has 3 rings (SSSR count). The molecule has 1 aromatic heterocycles. The van der Waals surface area contributed by atoms with Gasteiger partial charge in [0.1, 0.15) is 17.4 Å². The number of rotatable bonds is 6. The average Bonchev–Trinajstić information content (AvgIpc) is 2.60. The molecule has 1 heterocycles. The summed E-state index contributed by atoms with van der Waals surface area (Å²) in [6.07, 6.45) is 1.68. The van der Waals surface area contributed by atoms with Crippen LogP contribution in [0.2, 0.25) is 5.02 Å². The minimum Gasteiger partial charge on any atom is -0.489 e. The molecule has 0 atom stereocenters. The van der Waals surface area contributed by atoms with E-state index < -0.39 is 5.82 Å². The lowest BCUT2D eigenvalue weighted by molar-refractivity contribution is 0.244. The topological polar surface area (TPSA) is 59.1 Å². The first-order valence-corrected chi connectivity index (χ1v) is 8.47. The lowest BCUT2D eigenvalue weighted by Crippen LogP contribution is -2.07. The van der Waals surface area contributed by atoms with Crippen LogP contribution in [-0.2, 0) is 0 Å². The summed E-state index contributed by atoms with van der Waals surface area (Å²) in [6, 6.07) is 13.7. The molecule has 5 nitrogen and oxygen atoms in total. The van der Waals surface area contributed by atoms with Crippen LogP contribution in [0.25, 0.3) is 0 Å². The quantitative estimate of drug-likeness (QED) is 0.594. The summed E-state index contributed by atoms with van der Waals surface area (Å²) in [4.78, 5) is 8.58. The van der Waals surface area contributed by atoms with Gasteiger partial charge in [0, 0.05) is 11.9 Å². The summed E-state index contributed by atoms with van der Waals surface area (Å²) < 4.78 is 19.1. The van der Waals surface area contributed by atoms with Gasteiger partial charge < -0.3 is 15.4 Å². The number of aromatic nitrogens is 2. The Morgan fingerprint density at radius 2 is 1.88 bits per heavy atom. The second-order valence-electron chi connectivity index (χ2n) is 5.81. The van der Waals surface area contributed by atoms with Crippen LogP contribution in [-0.4, -0.2) is 16.1 Å². The van der Waals surface area contributed by atoms with Gasteiger partial charge in [-0.2, -0.15) is 4.98 Å². The van der Waals surface area contributed by atoms with Gasteiger partial charge in [-0.25, -0.2) is 9.37 Å². The zero-order valence-corrected chi connectivity index (χ0v) is 15.1. The Hall–Kier alpha value is -2.86. The summed E-state index contributed by atoms with van der Waals surface area (Å²) >= 11 is 5.80. The molecule has 0 aliphatic heterocycles. The van der Waals surface area contributed by atoms with Crippen LogP contribution in [0, 0.1) is 5.82 Å². The van der Waals surface area contributed by atoms with E-state index in [0.717, 1.165) is 11.4 Å². The molecule has 26 heavy (non-hydrogen) atoms. The van der Waals surface area contributed by atoms with Gasteiger partial charge in [-0.15, -0.1) is 0 Å². The zero-order valence-electron chi connectivity index (χ0n) is 14.3. The first-order valence-electron chi connectivity index (χ1n) is 8.09. The van der Waals surface area contributed by atoms with Crippen molar-refractivity contribution in [2.45, 2.75) is 20.0 Å². The maximum atomic E-state index is 13.3. The van der Waals surface area contributed by atoms with Gasteiger partial charge in [0.05, 0.1) is 16.8 Å². The number of benzene rings is 2. The molecule has 0 unspecified atom stereocenters. The van der Waals surface area contributed by atoms with E-state index in [1.165, 1.54) is 12.1 Å². The Balaban J connectivity index is 1.78. The normalized spacial score (nSPS) is 10.7. The van der Waals surface area contributed by atoms with Gasteiger partial charge in [-0.05, 0) is 50.2 Å². The number of hydrogen-bond acceptors (Lipinski definition) is 5. The Morgan fingerprint density at radius 1 is 1.08 bits per heavy atom. The number of ether oxygens (including phenoxy) is 1. The molecule has 0 fully saturated rings. The van der Waals surface area contributed by atoms with Crippen molar-refractivity contribution in [3.05, 3.63) is 65.6 Å². The molecular weight excluding hydrogens is 355 g/mol. The summed E-state index contributed by atoms with van der Waals surface area (Å²) in [7, 11) is 0. The van der Waals surface area contributed by atoms with Crippen LogP contribution >= 0.6 is 11.6 Å². The van der Waals surface area contributed by atoms with Gasteiger partial charge in [0.2, 0.25) is 5.95 Å². The maximum Gasteiger partial charge on any atom is 0.229 e. The Labute approximate surface area is 156 Å². The highest BCUT2D eigenvalue weighted by Crippen LogP contribution is 2.28. The van der Waals surface area contributed by atoms with Gasteiger partial charge >= 0.3 is 0 Å². The predicted octanol–water partition coefficient (Wildman–Crippen LogP) is 5.54. The summed E-state index contributed by atoms with van der Waals surface area (Å²) in [5.41, 5.74) is 1.40. The van der Waals surface area contributed by atoms with Gasteiger partial charge in [-0.1, -0.05) is 23.7 Å². The SMILES string of the molecule is CC(C)Oc1ccccc1Nc1ccnc(Nc2ccc(F)c(Cl)c2)n1. The van der Waals surface area contributed by atoms with E-state index in [-0.39, 0.29) is 11.1 Å². The van der Waals surface area contributed by atoms with E-state index in [4.69, 9.17) is 16.3 Å². The molecule has 2 N–H and O–H groups in total. The smallest absolute Gasteiger partial charge is 0.229 e. The number of halogens is 2. The van der Waals surface area contributed by atoms with Crippen LogP contribution in [0.3, 0.4) is 0 Å². The number of nitrogens with one attached hydrogen (secondary N) is 2. The van der Waals surface area contributed by atoms with E-state index in [0.29, 0.717) is 17.5 Å². The molecule has 0 saturated heterocycles. The Bertz CT molecular complexity index is 904. The fourth-order valence-corrected chi connectivity index (χ4v) is 2.44. The fourth-order valence-electron chi connectivity index (χ4n) is 2.26. The van der Waals surface area contributed by atoms with E-state index in [9.17, 15) is 4.39 Å². The van der Waals surface area contributed by atoms with Gasteiger partial charge in [-0.3, -0.25) is 0 Å². The van der Waals surface area contributed by atoms with E-state index >= 15 is 0 Å². The van der Waals surface area contributed by atoms with Crippen LogP contribution in [0.1, 0.15) is 13.8 Å². The van der Waals surface area contributed by atoms with Crippen LogP contribution in [0.4, 0.5) is 27.5 Å². The Kier molecular flexibility index (Phi) is 5.53. The molecule has 2 aromatic carbocycles. The second kappa shape index (κ2) is 8.01. The van der Waals surface area contributed by atoms with Crippen molar-refractivity contribution in [3.63, 3.8) is 0 Å². The molecular formula is C19H18ClFN4O. The first-order chi connectivity index (χ1) is 12.5. The molecule has 0 bridgehead atoms. The number of nitrogens with zero attached hydrogens (tertiary/aromatic N) is 2. The highest BCUT2D eigenvalue weighted by atomic mass is 35.5. The third-order valence-electron chi connectivity index (χ3n) is 3.34. The number of anilines is 4. The monoisotopic (exact) mass is 372 g/mol. The molecule has 0 radical (unpaired) electrons. The second-order valence-corrected chi connectivity index (χ2v) is 6.21. The summed E-state index contributed by atoms with van der Waals surface area (Å²) in [5.74, 6) is 1.21. The van der Waals surface area contributed by atoms with Crippen LogP contribution in [0.15, 0.2) is 54.7 Å². The third kappa shape index (κ3) is 4.61. The van der Waals surface area contributed by atoms with Crippen molar-refractivity contribution in [2.75, 3.05) is 10.6 Å². The average molecular weight is 373 g/mol. The van der Waals surface area contributed by atoms with Crippen molar-refractivity contribution in [1.82, 2.24) is 9.97 Å². The van der Waals surface area contributed by atoms with Crippen molar-refractivity contribution < 1.29 is 9.13 Å². The number of para-hydroxylation sites is 2. The van der Waals surface area contributed by atoms with Crippen LogP contribution in [0.5, 0.6) is 5.75 Å². The molecule has 0 aliphatic carbocycles. The molecule has 0 amide bonds. The van der Waals surface area contributed by atoms with Gasteiger partial charge in [0.15, 0.2) is 0 Å². The zero-order chi connectivity index (χ0) is 18.5. The minimum atomic E-state index is -0.477. The molecule has 0 spiro atoms. The lowest BCUT2D eigenvalue weighted by atomic mass is 10.3. The van der Waals surface area contributed by atoms with Crippen LogP contribution < -0.4 is 15.4 Å². The highest BCUT2D eigenvalue weighted by molar-refractivity contribution is 6.31. The van der Waals surface area contributed by atoms with Crippen molar-refractivity contribution in [2.24, 2.45) is 0 Å². The fraction of sp³-hybridized carbons (Fsp3) is 0.158. The van der Waals surface area contributed by atoms with Crippen molar-refractivity contribution >= 4 is 34.7 Å². The Morgan fingerprint density at radius 3 is 2.65 bits per heavy atom. The van der Waals surface area contributed by atoms with Crippen molar-refractivity contribution in [1.29, 1.82) is 0 Å². The summed E-state index contributed by atoms with van der Waals surface area (Å²) in [5, 5.41) is 6.25. The molecule has 3 aromatic rings. The van der Waals surface area contributed by atoms with E-state index in [1.54, 1.807) is 18.3 Å². The third-order valence-corrected chi connectivity index (χ3v) is 3.63. The maximum absolute atomic E-state index is 13.3.